The number of anilines is 4. The Morgan fingerprint density at radius 3 is 1.07 bits per heavy atom. The van der Waals surface area contributed by atoms with Crippen LogP contribution in [0.3, 0.4) is 0 Å². The molecule has 542 valence electrons. The van der Waals surface area contributed by atoms with Crippen LogP contribution in [0.25, 0.3) is 87.6 Å². The minimum Gasteiger partial charge on any atom is -0.394 e. The van der Waals surface area contributed by atoms with Gasteiger partial charge in [0.2, 0.25) is 0 Å². The Balaban J connectivity index is 0.000000133. The fourth-order valence-electron chi connectivity index (χ4n) is 13.0. The van der Waals surface area contributed by atoms with Crippen LogP contribution in [0, 0.1) is 23.3 Å². The van der Waals surface area contributed by atoms with Crippen LogP contribution in [0.15, 0.2) is 195 Å². The lowest BCUT2D eigenvalue weighted by atomic mass is 9.92. The molecule has 12 aromatic rings. The summed E-state index contributed by atoms with van der Waals surface area (Å²) in [6.07, 6.45) is 8.57. The van der Waals surface area contributed by atoms with E-state index in [1.54, 1.807) is 48.5 Å². The molecule has 0 radical (unpaired) electrons. The topological polar surface area (TPSA) is 348 Å². The van der Waals surface area contributed by atoms with E-state index in [4.69, 9.17) is 33.1 Å². The molecule has 0 bridgehead atoms. The minimum absolute atomic E-state index is 0.0459. The number of nitrogens with two attached hydrogens (primary N) is 4. The van der Waals surface area contributed by atoms with E-state index in [-0.39, 0.29) is 89.8 Å². The second kappa shape index (κ2) is 33.2. The normalized spacial score (nSPS) is 15.0. The molecule has 16 N–H and O–H groups in total. The Morgan fingerprint density at radius 2 is 0.764 bits per heavy atom. The zero-order valence-corrected chi connectivity index (χ0v) is 57.7. The van der Waals surface area contributed by atoms with Crippen molar-refractivity contribution in [2.45, 2.75) is 62.9 Å². The van der Waals surface area contributed by atoms with Gasteiger partial charge in [-0.05, 0) is 171 Å². The summed E-state index contributed by atoms with van der Waals surface area (Å²) in [5.74, 6) is -1.02. The number of likely N-dealkylation sites (N-methyl/N-ethyl adjacent to an activating group) is 1. The van der Waals surface area contributed by atoms with Crippen molar-refractivity contribution in [3.63, 3.8) is 0 Å². The van der Waals surface area contributed by atoms with Crippen molar-refractivity contribution in [2.24, 2.45) is 0 Å². The first-order valence-electron chi connectivity index (χ1n) is 34.5. The number of nitrogens with zero attached hydrogens (tertiary/aromatic N) is 5. The predicted octanol–water partition coefficient (Wildman–Crippen LogP) is 10.7. The number of fused-ring (bicyclic) bond motifs is 4. The zero-order chi connectivity index (χ0) is 74.7. The quantitative estimate of drug-likeness (QED) is 0.0424. The SMILES string of the molecule is CCN1CC(NC(=O)c2cnc(N)c3cc(-c4cccc(F)c4)ccc23)C1.Nc1ncc(C(=O)NC(CO)CO)c2ccc(-c3cccc(F)c3)cc12.Nc1ncc(C(=O)NC2CNC2)c2ccc(-c3cccc(F)c3)cc12.Nc1ncc(C(=O)N[C@H]2CCC[C@H](O)C2)c2ccc(-c3cccc(F)c3)cc12. The summed E-state index contributed by atoms with van der Waals surface area (Å²) in [6, 6.07) is 46.5. The maximum absolute atomic E-state index is 13.6. The van der Waals surface area contributed by atoms with Crippen LogP contribution in [0.2, 0.25) is 0 Å². The highest BCUT2D eigenvalue weighted by Crippen LogP contribution is 2.35. The first-order valence-corrected chi connectivity index (χ1v) is 34.5. The molecule has 6 heterocycles. The average molecular weight is 1440 g/mol. The van der Waals surface area contributed by atoms with Crippen molar-refractivity contribution in [1.29, 1.82) is 0 Å². The zero-order valence-electron chi connectivity index (χ0n) is 57.7. The van der Waals surface area contributed by atoms with Gasteiger partial charge in [-0.2, -0.15) is 0 Å². The molecular weight excluding hydrogens is 1360 g/mol. The number of hydrogen-bond acceptors (Lipinski definition) is 17. The van der Waals surface area contributed by atoms with Crippen molar-refractivity contribution >= 4 is 90.0 Å². The standard InChI is InChI=1S/C22H22FN3O2.C21H21FN4O.C19H17FN4O.C19H18FN3O3/c23-15-4-1-3-13(9-15)14-7-8-18-19(10-14)21(24)25-12-20(18)22(28)26-16-5-2-6-17(27)11-16;1-2-26-11-16(12-26)25-21(27)19-10-24-20(23)18-9-14(6-7-17(18)19)13-4-3-5-15(22)8-13;20-13-3-1-2-11(6-13)12-4-5-15-16(7-12)18(21)23-10-17(15)19(25)24-14-8-22-9-14;20-13-3-1-2-11(6-13)12-4-5-15-16(7-12)18(21)22-8-17(15)19(26)23-14(9-24)10-25/h1,3-4,7-10,12,16-17,27H,2,5-6,11H2,(H2,24,25)(H,26,28);3-10,16H,2,11-12H2,1H3,(H2,23,24)(H,25,27);1-7,10,14,22H,8-9H2,(H2,21,23)(H,24,25);1-8,14,24-25H,9-10H2,(H2,21,22)(H,23,26)/t16-,17-;;;/m0.../s1. The van der Waals surface area contributed by atoms with Gasteiger partial charge in [-0.3, -0.25) is 24.1 Å². The van der Waals surface area contributed by atoms with E-state index in [2.05, 4.69) is 58.3 Å². The number of rotatable bonds is 15. The second-order valence-electron chi connectivity index (χ2n) is 26.2. The number of amides is 4. The fraction of sp³-hybridized carbons (Fsp3) is 0.210. The van der Waals surface area contributed by atoms with Crippen molar-refractivity contribution < 1.29 is 52.1 Å². The van der Waals surface area contributed by atoms with E-state index >= 15 is 0 Å². The maximum Gasteiger partial charge on any atom is 0.253 e. The number of benzene rings is 8. The Morgan fingerprint density at radius 1 is 0.443 bits per heavy atom. The molecule has 1 saturated carbocycles. The van der Waals surface area contributed by atoms with Gasteiger partial charge in [0.15, 0.2) is 0 Å². The fourth-order valence-corrected chi connectivity index (χ4v) is 13.0. The number of aliphatic hydroxyl groups is 3. The number of pyridine rings is 4. The van der Waals surface area contributed by atoms with Gasteiger partial charge in [0.1, 0.15) is 46.5 Å². The third kappa shape index (κ3) is 17.3. The number of halogens is 4. The average Bonchev–Trinajstić information content (AvgIpc) is 0.790. The van der Waals surface area contributed by atoms with Gasteiger partial charge < -0.3 is 64.8 Å². The third-order valence-corrected chi connectivity index (χ3v) is 18.9. The molecule has 106 heavy (non-hydrogen) atoms. The van der Waals surface area contributed by atoms with Crippen LogP contribution in [-0.4, -0.2) is 140 Å². The number of nitrogen functional groups attached to an aromatic ring is 4. The summed E-state index contributed by atoms with van der Waals surface area (Å²) in [6.45, 7) is 5.61. The van der Waals surface area contributed by atoms with E-state index in [0.29, 0.717) is 78.4 Å². The molecule has 2 aliphatic heterocycles. The smallest absolute Gasteiger partial charge is 0.253 e. The highest BCUT2D eigenvalue weighted by Gasteiger charge is 2.29. The number of nitrogens with one attached hydrogen (secondary N) is 5. The molecule has 3 fully saturated rings. The van der Waals surface area contributed by atoms with Gasteiger partial charge in [-0.25, -0.2) is 37.5 Å². The summed E-state index contributed by atoms with van der Waals surface area (Å²) in [5.41, 5.74) is 31.9. The molecule has 2 atom stereocenters. The number of aromatic nitrogens is 4. The van der Waals surface area contributed by atoms with Gasteiger partial charge in [-0.1, -0.05) is 104 Å². The monoisotopic (exact) mass is 1430 g/mol. The molecule has 25 heteroatoms. The number of likely N-dealkylation sites (tertiary alicyclic amines) is 1. The Bertz CT molecular complexity index is 5270. The van der Waals surface area contributed by atoms with Gasteiger partial charge >= 0.3 is 0 Å². The molecule has 15 rings (SSSR count). The molecular formula is C81H78F4N14O7. The Hall–Kier alpha value is -12.0. The summed E-state index contributed by atoms with van der Waals surface area (Å²) in [4.78, 5) is 69.3. The first-order chi connectivity index (χ1) is 51.2. The van der Waals surface area contributed by atoms with Crippen LogP contribution in [0.4, 0.5) is 40.8 Å². The summed E-state index contributed by atoms with van der Waals surface area (Å²) >= 11 is 0. The molecule has 4 amide bonds. The highest BCUT2D eigenvalue weighted by molar-refractivity contribution is 6.13. The van der Waals surface area contributed by atoms with Crippen LogP contribution >= 0.6 is 0 Å². The molecule has 21 nitrogen and oxygen atoms in total. The third-order valence-electron chi connectivity index (χ3n) is 18.9. The number of carbonyl (C=O) groups is 4. The van der Waals surface area contributed by atoms with Crippen LogP contribution < -0.4 is 49.5 Å². The van der Waals surface area contributed by atoms with E-state index in [1.165, 1.54) is 73.3 Å². The molecule has 0 spiro atoms. The second-order valence-corrected chi connectivity index (χ2v) is 26.2. The lowest BCUT2D eigenvalue weighted by molar-refractivity contribution is 0.0822. The molecule has 2 saturated heterocycles. The van der Waals surface area contributed by atoms with Crippen molar-refractivity contribution in [1.82, 2.24) is 51.4 Å². The number of carbonyl (C=O) groups excluding carboxylic acids is 4. The van der Waals surface area contributed by atoms with Crippen LogP contribution in [0.1, 0.15) is 74.0 Å². The minimum atomic E-state index is -0.762. The maximum atomic E-state index is 13.6. The lowest BCUT2D eigenvalue weighted by Gasteiger charge is -2.38. The van der Waals surface area contributed by atoms with E-state index in [9.17, 15) is 41.8 Å². The molecule has 3 aliphatic rings. The van der Waals surface area contributed by atoms with Crippen molar-refractivity contribution in [2.75, 3.05) is 68.9 Å². The summed E-state index contributed by atoms with van der Waals surface area (Å²) in [7, 11) is 0. The van der Waals surface area contributed by atoms with Gasteiger partial charge in [0.25, 0.3) is 23.6 Å². The highest BCUT2D eigenvalue weighted by atomic mass is 19.1. The summed E-state index contributed by atoms with van der Waals surface area (Å²) < 4.78 is 54.0. The van der Waals surface area contributed by atoms with Crippen molar-refractivity contribution in [3.8, 4) is 44.5 Å². The van der Waals surface area contributed by atoms with E-state index < -0.39 is 11.9 Å². The van der Waals surface area contributed by atoms with Crippen molar-refractivity contribution in [3.05, 3.63) is 240 Å². The van der Waals surface area contributed by atoms with E-state index in [0.717, 1.165) is 102 Å². The number of hydrogen-bond donors (Lipinski definition) is 12. The molecule has 1 aliphatic carbocycles. The van der Waals surface area contributed by atoms with E-state index in [1.807, 2.05) is 72.8 Å². The van der Waals surface area contributed by atoms with Gasteiger partial charge in [0, 0.05) is 78.6 Å². The van der Waals surface area contributed by atoms with Gasteiger partial charge in [-0.15, -0.1) is 0 Å². The first kappa shape index (κ1) is 73.7. The van der Waals surface area contributed by atoms with Crippen LogP contribution in [0.5, 0.6) is 0 Å². The predicted molar refractivity (Wildman–Crippen MR) is 405 cm³/mol. The Kier molecular flexibility index (Phi) is 23.1. The lowest BCUT2D eigenvalue weighted by Crippen LogP contribution is -2.58. The largest absolute Gasteiger partial charge is 0.394 e. The van der Waals surface area contributed by atoms with Crippen LogP contribution in [-0.2, 0) is 0 Å². The molecule has 8 aromatic carbocycles. The molecule has 0 unspecified atom stereocenters. The molecule has 4 aromatic heterocycles. The Labute approximate surface area is 607 Å². The van der Waals surface area contributed by atoms with Gasteiger partial charge in [0.05, 0.1) is 59.7 Å². The number of aliphatic hydroxyl groups excluding tert-OH is 3. The summed E-state index contributed by atoms with van der Waals surface area (Å²) in [5, 5.41) is 48.1.